The van der Waals surface area contributed by atoms with Crippen LogP contribution in [0.15, 0.2) is 30.3 Å². The summed E-state index contributed by atoms with van der Waals surface area (Å²) in [5.41, 5.74) is 0.962. The van der Waals surface area contributed by atoms with Crippen LogP contribution in [-0.4, -0.2) is 32.1 Å². The fourth-order valence-electron chi connectivity index (χ4n) is 1.27. The molecule has 0 spiro atoms. The van der Waals surface area contributed by atoms with Crippen molar-refractivity contribution in [1.82, 2.24) is 10.6 Å². The van der Waals surface area contributed by atoms with Crippen molar-refractivity contribution in [3.05, 3.63) is 30.3 Å². The number of nitrogens with one attached hydrogen (secondary N) is 3. The summed E-state index contributed by atoms with van der Waals surface area (Å²) in [7, 11) is 0. The zero-order valence-electron chi connectivity index (χ0n) is 9.62. The van der Waals surface area contributed by atoms with Crippen molar-refractivity contribution >= 4 is 11.6 Å². The van der Waals surface area contributed by atoms with E-state index < -0.39 is 0 Å². The lowest BCUT2D eigenvalue weighted by molar-refractivity contribution is -0.119. The SMILES string of the molecule is CCNCCNC(=O)CNc1ccccc1. The van der Waals surface area contributed by atoms with Crippen molar-refractivity contribution in [3.8, 4) is 0 Å². The van der Waals surface area contributed by atoms with Gasteiger partial charge in [0, 0.05) is 18.8 Å². The van der Waals surface area contributed by atoms with Crippen molar-refractivity contribution in [3.63, 3.8) is 0 Å². The largest absolute Gasteiger partial charge is 0.376 e. The van der Waals surface area contributed by atoms with E-state index in [2.05, 4.69) is 16.0 Å². The van der Waals surface area contributed by atoms with Crippen molar-refractivity contribution < 1.29 is 4.79 Å². The lowest BCUT2D eigenvalue weighted by Crippen LogP contribution is -2.35. The fraction of sp³-hybridized carbons (Fsp3) is 0.417. The average Bonchev–Trinajstić information content (AvgIpc) is 2.33. The van der Waals surface area contributed by atoms with Gasteiger partial charge in [-0.2, -0.15) is 0 Å². The number of para-hydroxylation sites is 1. The molecule has 1 amide bonds. The molecule has 0 aliphatic heterocycles. The molecular formula is C12H19N3O. The van der Waals surface area contributed by atoms with E-state index in [-0.39, 0.29) is 5.91 Å². The van der Waals surface area contributed by atoms with Crippen LogP contribution in [0.4, 0.5) is 5.69 Å². The third-order valence-corrected chi connectivity index (χ3v) is 2.10. The maximum atomic E-state index is 11.4. The number of carbonyl (C=O) groups is 1. The van der Waals surface area contributed by atoms with Gasteiger partial charge in [0.1, 0.15) is 0 Å². The molecular weight excluding hydrogens is 202 g/mol. The highest BCUT2D eigenvalue weighted by Crippen LogP contribution is 2.03. The predicted molar refractivity (Wildman–Crippen MR) is 66.5 cm³/mol. The van der Waals surface area contributed by atoms with Gasteiger partial charge in [-0.05, 0) is 18.7 Å². The number of amides is 1. The number of benzene rings is 1. The van der Waals surface area contributed by atoms with Gasteiger partial charge in [-0.3, -0.25) is 4.79 Å². The molecule has 3 N–H and O–H groups in total. The van der Waals surface area contributed by atoms with Gasteiger partial charge in [0.05, 0.1) is 6.54 Å². The smallest absolute Gasteiger partial charge is 0.239 e. The number of anilines is 1. The first-order valence-corrected chi connectivity index (χ1v) is 5.59. The highest BCUT2D eigenvalue weighted by Gasteiger charge is 1.98. The summed E-state index contributed by atoms with van der Waals surface area (Å²) < 4.78 is 0. The standard InChI is InChI=1S/C12H19N3O/c1-2-13-8-9-14-12(16)10-15-11-6-4-3-5-7-11/h3-7,13,15H,2,8-10H2,1H3,(H,14,16). The normalized spacial score (nSPS) is 9.81. The van der Waals surface area contributed by atoms with Crippen molar-refractivity contribution in [2.75, 3.05) is 31.5 Å². The van der Waals surface area contributed by atoms with Crippen LogP contribution < -0.4 is 16.0 Å². The number of rotatable bonds is 7. The summed E-state index contributed by atoms with van der Waals surface area (Å²) in [6, 6.07) is 9.69. The van der Waals surface area contributed by atoms with Gasteiger partial charge < -0.3 is 16.0 Å². The molecule has 0 heterocycles. The number of hydrogen-bond donors (Lipinski definition) is 3. The average molecular weight is 221 g/mol. The molecule has 16 heavy (non-hydrogen) atoms. The molecule has 0 fully saturated rings. The van der Waals surface area contributed by atoms with Crippen LogP contribution in [0.5, 0.6) is 0 Å². The van der Waals surface area contributed by atoms with Gasteiger partial charge in [0.15, 0.2) is 0 Å². The maximum Gasteiger partial charge on any atom is 0.239 e. The van der Waals surface area contributed by atoms with Gasteiger partial charge in [-0.15, -0.1) is 0 Å². The molecule has 1 aromatic carbocycles. The lowest BCUT2D eigenvalue weighted by atomic mass is 10.3. The molecule has 0 radical (unpaired) electrons. The summed E-state index contributed by atoms with van der Waals surface area (Å²) in [6.07, 6.45) is 0. The molecule has 0 aromatic heterocycles. The number of carbonyl (C=O) groups excluding carboxylic acids is 1. The molecule has 4 heteroatoms. The van der Waals surface area contributed by atoms with Crippen LogP contribution in [-0.2, 0) is 4.79 Å². The summed E-state index contributed by atoms with van der Waals surface area (Å²) in [5, 5.41) is 9.02. The summed E-state index contributed by atoms with van der Waals surface area (Å²) in [4.78, 5) is 11.4. The maximum absolute atomic E-state index is 11.4. The van der Waals surface area contributed by atoms with Gasteiger partial charge in [-0.25, -0.2) is 0 Å². The quantitative estimate of drug-likeness (QED) is 0.598. The molecule has 0 saturated carbocycles. The minimum atomic E-state index is 0.0155. The minimum absolute atomic E-state index is 0.0155. The Morgan fingerprint density at radius 1 is 1.19 bits per heavy atom. The van der Waals surface area contributed by atoms with E-state index in [1.165, 1.54) is 0 Å². The Labute approximate surface area is 96.4 Å². The van der Waals surface area contributed by atoms with Crippen LogP contribution in [0.3, 0.4) is 0 Å². The lowest BCUT2D eigenvalue weighted by Gasteiger charge is -2.07. The zero-order valence-corrected chi connectivity index (χ0v) is 9.62. The van der Waals surface area contributed by atoms with Crippen LogP contribution in [0.25, 0.3) is 0 Å². The Morgan fingerprint density at radius 2 is 1.94 bits per heavy atom. The first-order chi connectivity index (χ1) is 7.83. The summed E-state index contributed by atoms with van der Waals surface area (Å²) >= 11 is 0. The summed E-state index contributed by atoms with van der Waals surface area (Å²) in [5.74, 6) is 0.0155. The van der Waals surface area contributed by atoms with Crippen molar-refractivity contribution in [2.45, 2.75) is 6.92 Å². The highest BCUT2D eigenvalue weighted by atomic mass is 16.1. The minimum Gasteiger partial charge on any atom is -0.376 e. The first kappa shape index (κ1) is 12.5. The third-order valence-electron chi connectivity index (χ3n) is 2.10. The number of likely N-dealkylation sites (N-methyl/N-ethyl adjacent to an activating group) is 1. The van der Waals surface area contributed by atoms with Gasteiger partial charge >= 0.3 is 0 Å². The molecule has 1 aromatic rings. The van der Waals surface area contributed by atoms with E-state index in [1.54, 1.807) is 0 Å². The monoisotopic (exact) mass is 221 g/mol. The molecule has 0 aliphatic rings. The van der Waals surface area contributed by atoms with Crippen molar-refractivity contribution in [1.29, 1.82) is 0 Å². The molecule has 0 unspecified atom stereocenters. The van der Waals surface area contributed by atoms with Crippen LogP contribution in [0.1, 0.15) is 6.92 Å². The second kappa shape index (κ2) is 7.70. The van der Waals surface area contributed by atoms with E-state index >= 15 is 0 Å². The molecule has 0 aliphatic carbocycles. The molecule has 1 rings (SSSR count). The van der Waals surface area contributed by atoms with Gasteiger partial charge in [0.2, 0.25) is 5.91 Å². The second-order valence-electron chi connectivity index (χ2n) is 3.42. The Kier molecular flexibility index (Phi) is 6.03. The third kappa shape index (κ3) is 5.36. The Morgan fingerprint density at radius 3 is 2.62 bits per heavy atom. The molecule has 0 saturated heterocycles. The van der Waals surface area contributed by atoms with E-state index in [0.29, 0.717) is 13.1 Å². The molecule has 4 nitrogen and oxygen atoms in total. The highest BCUT2D eigenvalue weighted by molar-refractivity contribution is 5.80. The summed E-state index contributed by atoms with van der Waals surface area (Å²) in [6.45, 7) is 4.77. The topological polar surface area (TPSA) is 53.2 Å². The van der Waals surface area contributed by atoms with Crippen LogP contribution in [0.2, 0.25) is 0 Å². The zero-order chi connectivity index (χ0) is 11.6. The molecule has 88 valence electrons. The van der Waals surface area contributed by atoms with Gasteiger partial charge in [0.25, 0.3) is 0 Å². The van der Waals surface area contributed by atoms with Gasteiger partial charge in [-0.1, -0.05) is 25.1 Å². The Bertz CT molecular complexity index is 300. The van der Waals surface area contributed by atoms with E-state index in [0.717, 1.165) is 18.8 Å². The van der Waals surface area contributed by atoms with Crippen LogP contribution >= 0.6 is 0 Å². The first-order valence-electron chi connectivity index (χ1n) is 5.59. The Balaban J connectivity index is 2.11. The van der Waals surface area contributed by atoms with E-state index in [1.807, 2.05) is 37.3 Å². The molecule has 0 atom stereocenters. The Hall–Kier alpha value is -1.55. The van der Waals surface area contributed by atoms with Crippen molar-refractivity contribution in [2.24, 2.45) is 0 Å². The van der Waals surface area contributed by atoms with E-state index in [4.69, 9.17) is 0 Å². The van der Waals surface area contributed by atoms with E-state index in [9.17, 15) is 4.79 Å². The second-order valence-corrected chi connectivity index (χ2v) is 3.42. The molecule has 0 bridgehead atoms. The van der Waals surface area contributed by atoms with Crippen LogP contribution in [0, 0.1) is 0 Å². The number of hydrogen-bond acceptors (Lipinski definition) is 3. The fourth-order valence-corrected chi connectivity index (χ4v) is 1.27. The predicted octanol–water partition coefficient (Wildman–Crippen LogP) is 0.824.